The van der Waals surface area contributed by atoms with E-state index in [1.807, 2.05) is 59.5 Å². The van der Waals surface area contributed by atoms with Crippen LogP contribution in [0.25, 0.3) is 0 Å². The van der Waals surface area contributed by atoms with E-state index >= 15 is 0 Å². The van der Waals surface area contributed by atoms with Crippen molar-refractivity contribution in [2.75, 3.05) is 39.9 Å². The van der Waals surface area contributed by atoms with Crippen molar-refractivity contribution >= 4 is 6.03 Å². The second kappa shape index (κ2) is 13.1. The molecular weight excluding hydrogens is 454 g/mol. The van der Waals surface area contributed by atoms with Gasteiger partial charge in [-0.15, -0.1) is 0 Å². The Morgan fingerprint density at radius 1 is 1.11 bits per heavy atom. The molecular formula is C29H41N3O4. The van der Waals surface area contributed by atoms with E-state index in [1.54, 1.807) is 7.11 Å². The highest BCUT2D eigenvalue weighted by atomic mass is 16.5. The molecule has 3 N–H and O–H groups in total. The molecule has 0 radical (unpaired) electrons. The van der Waals surface area contributed by atoms with Gasteiger partial charge in [0.25, 0.3) is 0 Å². The molecule has 196 valence electrons. The van der Waals surface area contributed by atoms with E-state index < -0.39 is 5.60 Å². The van der Waals surface area contributed by atoms with Crippen LogP contribution in [0, 0.1) is 5.92 Å². The monoisotopic (exact) mass is 495 g/mol. The second-order valence-electron chi connectivity index (χ2n) is 10.1. The molecule has 2 amide bonds. The van der Waals surface area contributed by atoms with Crippen LogP contribution in [-0.4, -0.2) is 62.0 Å². The fourth-order valence-electron chi connectivity index (χ4n) is 5.52. The van der Waals surface area contributed by atoms with Crippen molar-refractivity contribution in [1.82, 2.24) is 15.5 Å². The SMILES string of the molecule is COCCCCC(O)(c1ccccc1Oc1ccccc1)C1CCCN(C(=O)NC2CCCNC2)C1. The van der Waals surface area contributed by atoms with E-state index in [9.17, 15) is 9.90 Å². The van der Waals surface area contributed by atoms with Gasteiger partial charge in [0.1, 0.15) is 11.5 Å². The van der Waals surface area contributed by atoms with E-state index in [2.05, 4.69) is 10.6 Å². The van der Waals surface area contributed by atoms with E-state index in [1.165, 1.54) is 0 Å². The van der Waals surface area contributed by atoms with Crippen LogP contribution in [0.5, 0.6) is 11.5 Å². The normalized spacial score (nSPS) is 22.0. The van der Waals surface area contributed by atoms with Crippen molar-refractivity contribution in [3.8, 4) is 11.5 Å². The van der Waals surface area contributed by atoms with Gasteiger partial charge in [-0.3, -0.25) is 0 Å². The molecule has 36 heavy (non-hydrogen) atoms. The summed E-state index contributed by atoms with van der Waals surface area (Å²) >= 11 is 0. The fraction of sp³-hybridized carbons (Fsp3) is 0.552. The number of carbonyl (C=O) groups is 1. The first-order valence-corrected chi connectivity index (χ1v) is 13.4. The molecule has 2 saturated heterocycles. The first-order valence-electron chi connectivity index (χ1n) is 13.4. The number of methoxy groups -OCH3 is 1. The summed E-state index contributed by atoms with van der Waals surface area (Å²) in [4.78, 5) is 15.0. The van der Waals surface area contributed by atoms with Gasteiger partial charge in [-0.05, 0) is 69.7 Å². The number of piperidine rings is 2. The predicted octanol–water partition coefficient (Wildman–Crippen LogP) is 4.66. The van der Waals surface area contributed by atoms with Gasteiger partial charge in [0.2, 0.25) is 0 Å². The van der Waals surface area contributed by atoms with Crippen LogP contribution < -0.4 is 15.4 Å². The highest BCUT2D eigenvalue weighted by Gasteiger charge is 2.43. The van der Waals surface area contributed by atoms with Crippen LogP contribution in [0.15, 0.2) is 54.6 Å². The summed E-state index contributed by atoms with van der Waals surface area (Å²) in [5, 5.41) is 19.0. The molecule has 0 aliphatic carbocycles. The van der Waals surface area contributed by atoms with Crippen molar-refractivity contribution < 1.29 is 19.4 Å². The number of para-hydroxylation sites is 2. The van der Waals surface area contributed by atoms with Crippen LogP contribution in [0.4, 0.5) is 4.79 Å². The maximum atomic E-state index is 13.1. The Kier molecular flexibility index (Phi) is 9.61. The number of ether oxygens (including phenoxy) is 2. The zero-order chi connectivity index (χ0) is 25.2. The van der Waals surface area contributed by atoms with Crippen LogP contribution in [0.1, 0.15) is 50.5 Å². The summed E-state index contributed by atoms with van der Waals surface area (Å²) in [5.41, 5.74) is -0.334. The Morgan fingerprint density at radius 2 is 1.92 bits per heavy atom. The zero-order valence-electron chi connectivity index (χ0n) is 21.5. The summed E-state index contributed by atoms with van der Waals surface area (Å²) in [5.74, 6) is 1.30. The first kappa shape index (κ1) is 26.5. The lowest BCUT2D eigenvalue weighted by Gasteiger charge is -2.43. The summed E-state index contributed by atoms with van der Waals surface area (Å²) in [6.45, 7) is 3.72. The smallest absolute Gasteiger partial charge is 0.317 e. The molecule has 2 aromatic rings. The van der Waals surface area contributed by atoms with Crippen molar-refractivity contribution in [3.63, 3.8) is 0 Å². The number of urea groups is 1. The van der Waals surface area contributed by atoms with E-state index in [0.717, 1.165) is 62.9 Å². The summed E-state index contributed by atoms with van der Waals surface area (Å²) in [6, 6.07) is 17.6. The maximum Gasteiger partial charge on any atom is 0.317 e. The van der Waals surface area contributed by atoms with Crippen molar-refractivity contribution in [3.05, 3.63) is 60.2 Å². The van der Waals surface area contributed by atoms with Gasteiger partial charge in [-0.1, -0.05) is 36.4 Å². The molecule has 0 aromatic heterocycles. The summed E-state index contributed by atoms with van der Waals surface area (Å²) < 4.78 is 11.5. The fourth-order valence-corrected chi connectivity index (χ4v) is 5.52. The van der Waals surface area contributed by atoms with E-state index in [4.69, 9.17) is 9.47 Å². The minimum atomic E-state index is -1.12. The Morgan fingerprint density at radius 3 is 2.69 bits per heavy atom. The van der Waals surface area contributed by atoms with E-state index in [-0.39, 0.29) is 18.0 Å². The molecule has 2 aliphatic rings. The second-order valence-corrected chi connectivity index (χ2v) is 10.1. The molecule has 7 heteroatoms. The molecule has 2 fully saturated rings. The number of benzene rings is 2. The lowest BCUT2D eigenvalue weighted by molar-refractivity contribution is -0.0575. The van der Waals surface area contributed by atoms with Crippen LogP contribution in [-0.2, 0) is 10.3 Å². The number of nitrogens with zero attached hydrogens (tertiary/aromatic N) is 1. The van der Waals surface area contributed by atoms with Gasteiger partial charge in [0, 0.05) is 50.9 Å². The number of likely N-dealkylation sites (tertiary alicyclic amines) is 1. The minimum Gasteiger partial charge on any atom is -0.457 e. The minimum absolute atomic E-state index is 0.0241. The van der Waals surface area contributed by atoms with Crippen LogP contribution >= 0.6 is 0 Å². The molecule has 0 bridgehead atoms. The third kappa shape index (κ3) is 6.78. The lowest BCUT2D eigenvalue weighted by atomic mass is 9.73. The average molecular weight is 496 g/mol. The number of carbonyl (C=O) groups excluding carboxylic acids is 1. The van der Waals surface area contributed by atoms with Gasteiger partial charge in [0.05, 0.1) is 5.60 Å². The summed E-state index contributed by atoms with van der Waals surface area (Å²) in [6.07, 6.45) is 6.07. The molecule has 3 unspecified atom stereocenters. The average Bonchev–Trinajstić information content (AvgIpc) is 2.92. The standard InChI is InChI=1S/C29H41N3O4/c1-35-20-8-7-17-29(34,26-15-5-6-16-27(26)36-25-13-3-2-4-14-25)23-11-10-19-32(22-23)28(33)31-24-12-9-18-30-21-24/h2-6,13-16,23-24,30,34H,7-12,17-22H2,1H3,(H,31,33). The van der Waals surface area contributed by atoms with Gasteiger partial charge < -0.3 is 30.1 Å². The van der Waals surface area contributed by atoms with Gasteiger partial charge in [-0.25, -0.2) is 4.79 Å². The topological polar surface area (TPSA) is 83.1 Å². The number of rotatable bonds is 10. The Bertz CT molecular complexity index is 951. The number of hydrogen-bond donors (Lipinski definition) is 3. The van der Waals surface area contributed by atoms with Crippen molar-refractivity contribution in [2.45, 2.75) is 56.6 Å². The molecule has 2 aliphatic heterocycles. The maximum absolute atomic E-state index is 13.1. The number of unbranched alkanes of at least 4 members (excludes halogenated alkanes) is 1. The number of aliphatic hydroxyl groups is 1. The van der Waals surface area contributed by atoms with Gasteiger partial charge in [0.15, 0.2) is 0 Å². The van der Waals surface area contributed by atoms with Crippen molar-refractivity contribution in [2.24, 2.45) is 5.92 Å². The molecule has 0 saturated carbocycles. The molecule has 2 aromatic carbocycles. The van der Waals surface area contributed by atoms with Gasteiger partial charge in [-0.2, -0.15) is 0 Å². The third-order valence-corrected chi connectivity index (χ3v) is 7.49. The number of nitrogens with one attached hydrogen (secondary N) is 2. The number of hydrogen-bond acceptors (Lipinski definition) is 5. The molecule has 4 rings (SSSR count). The Labute approximate surface area is 215 Å². The van der Waals surface area contributed by atoms with Crippen molar-refractivity contribution in [1.29, 1.82) is 0 Å². The lowest BCUT2D eigenvalue weighted by Crippen LogP contribution is -2.54. The Balaban J connectivity index is 1.55. The van der Waals surface area contributed by atoms with Crippen LogP contribution in [0.2, 0.25) is 0 Å². The zero-order valence-corrected chi connectivity index (χ0v) is 21.5. The molecule has 0 spiro atoms. The third-order valence-electron chi connectivity index (χ3n) is 7.49. The predicted molar refractivity (Wildman–Crippen MR) is 141 cm³/mol. The number of amides is 2. The highest BCUT2D eigenvalue weighted by molar-refractivity contribution is 5.74. The molecule has 2 heterocycles. The summed E-state index contributed by atoms with van der Waals surface area (Å²) in [7, 11) is 1.70. The van der Waals surface area contributed by atoms with Gasteiger partial charge >= 0.3 is 6.03 Å². The van der Waals surface area contributed by atoms with E-state index in [0.29, 0.717) is 31.9 Å². The Hall–Kier alpha value is -2.61. The highest BCUT2D eigenvalue weighted by Crippen LogP contribution is 2.44. The van der Waals surface area contributed by atoms with Crippen LogP contribution in [0.3, 0.4) is 0 Å². The first-order chi connectivity index (χ1) is 17.6. The largest absolute Gasteiger partial charge is 0.457 e. The quantitative estimate of drug-likeness (QED) is 0.418. The molecule has 7 nitrogen and oxygen atoms in total. The molecule has 3 atom stereocenters.